The van der Waals surface area contributed by atoms with E-state index >= 15 is 0 Å². The van der Waals surface area contributed by atoms with Crippen LogP contribution in [-0.2, 0) is 6.54 Å². The van der Waals surface area contributed by atoms with E-state index < -0.39 is 0 Å². The summed E-state index contributed by atoms with van der Waals surface area (Å²) in [7, 11) is 1.61. The summed E-state index contributed by atoms with van der Waals surface area (Å²) in [5.41, 5.74) is 6.85. The number of nitrogens with two attached hydrogens (primary N) is 1. The lowest BCUT2D eigenvalue weighted by Crippen LogP contribution is -2.38. The van der Waals surface area contributed by atoms with Crippen LogP contribution in [0.3, 0.4) is 0 Å². The van der Waals surface area contributed by atoms with Crippen molar-refractivity contribution in [2.24, 2.45) is 16.6 Å². The standard InChI is InChI=1S/C16H28N4O.HI/c1-12(2)7-5-8-13(3)20-16(17)19-11-14-9-6-10-18-15(14)21-4;/h6,9-10,12-13H,5,7-8,11H2,1-4H3,(H3,17,19,20);1H. The maximum atomic E-state index is 5.92. The molecule has 1 atom stereocenters. The number of aromatic nitrogens is 1. The van der Waals surface area contributed by atoms with Gasteiger partial charge in [0.25, 0.3) is 0 Å². The van der Waals surface area contributed by atoms with Crippen molar-refractivity contribution in [3.05, 3.63) is 23.9 Å². The Kier molecular flexibility index (Phi) is 11.0. The number of guanidine groups is 1. The summed E-state index contributed by atoms with van der Waals surface area (Å²) in [6.45, 7) is 7.09. The number of halogens is 1. The molecule has 0 saturated carbocycles. The minimum atomic E-state index is 0. The maximum absolute atomic E-state index is 5.92. The number of ether oxygens (including phenoxy) is 1. The third-order valence-electron chi connectivity index (χ3n) is 3.28. The Labute approximate surface area is 151 Å². The molecule has 1 unspecified atom stereocenters. The van der Waals surface area contributed by atoms with Gasteiger partial charge >= 0.3 is 0 Å². The molecule has 126 valence electrons. The lowest BCUT2D eigenvalue weighted by molar-refractivity contribution is 0.392. The van der Waals surface area contributed by atoms with Crippen LogP contribution in [0.15, 0.2) is 23.3 Å². The molecule has 0 aliphatic carbocycles. The predicted octanol–water partition coefficient (Wildman–Crippen LogP) is 3.33. The molecule has 1 aromatic heterocycles. The monoisotopic (exact) mass is 420 g/mol. The molecule has 3 N–H and O–H groups in total. The summed E-state index contributed by atoms with van der Waals surface area (Å²) < 4.78 is 5.19. The summed E-state index contributed by atoms with van der Waals surface area (Å²) in [6.07, 6.45) is 5.25. The Bertz CT molecular complexity index is 452. The van der Waals surface area contributed by atoms with Crippen LogP contribution in [0.4, 0.5) is 0 Å². The highest BCUT2D eigenvalue weighted by atomic mass is 127. The summed E-state index contributed by atoms with van der Waals surface area (Å²) in [4.78, 5) is 8.49. The molecule has 1 aromatic rings. The number of rotatable bonds is 8. The lowest BCUT2D eigenvalue weighted by Gasteiger charge is -2.15. The molecule has 6 heteroatoms. The lowest BCUT2D eigenvalue weighted by atomic mass is 10.0. The molecule has 1 rings (SSSR count). The second kappa shape index (κ2) is 11.5. The quantitative estimate of drug-likeness (QED) is 0.385. The van der Waals surface area contributed by atoms with Gasteiger partial charge in [0.15, 0.2) is 5.96 Å². The van der Waals surface area contributed by atoms with Crippen LogP contribution < -0.4 is 15.8 Å². The summed E-state index contributed by atoms with van der Waals surface area (Å²) in [5, 5.41) is 3.23. The molecule has 0 radical (unpaired) electrons. The van der Waals surface area contributed by atoms with E-state index in [9.17, 15) is 0 Å². The summed E-state index contributed by atoms with van der Waals surface area (Å²) in [5.74, 6) is 1.82. The number of hydrogen-bond donors (Lipinski definition) is 2. The van der Waals surface area contributed by atoms with Crippen molar-refractivity contribution < 1.29 is 4.74 Å². The van der Waals surface area contributed by atoms with Gasteiger partial charge in [0.1, 0.15) is 0 Å². The van der Waals surface area contributed by atoms with Crippen LogP contribution in [-0.4, -0.2) is 24.1 Å². The van der Waals surface area contributed by atoms with Gasteiger partial charge in [-0.15, -0.1) is 24.0 Å². The van der Waals surface area contributed by atoms with E-state index in [2.05, 4.69) is 36.1 Å². The zero-order chi connectivity index (χ0) is 15.7. The molecule has 0 aromatic carbocycles. The zero-order valence-corrected chi connectivity index (χ0v) is 16.3. The largest absolute Gasteiger partial charge is 0.481 e. The van der Waals surface area contributed by atoms with Crippen molar-refractivity contribution in [1.82, 2.24) is 10.3 Å². The van der Waals surface area contributed by atoms with Crippen LogP contribution in [0.25, 0.3) is 0 Å². The van der Waals surface area contributed by atoms with Crippen LogP contribution in [0.2, 0.25) is 0 Å². The van der Waals surface area contributed by atoms with Gasteiger partial charge in [-0.1, -0.05) is 32.8 Å². The second-order valence-electron chi connectivity index (χ2n) is 5.74. The number of nitrogens with zero attached hydrogens (tertiary/aromatic N) is 2. The van der Waals surface area contributed by atoms with Gasteiger partial charge in [0.2, 0.25) is 5.88 Å². The Hall–Kier alpha value is -1.05. The summed E-state index contributed by atoms with van der Waals surface area (Å²) >= 11 is 0. The molecule has 0 aliphatic heterocycles. The van der Waals surface area contributed by atoms with E-state index in [4.69, 9.17) is 10.5 Å². The fourth-order valence-corrected chi connectivity index (χ4v) is 2.10. The second-order valence-corrected chi connectivity index (χ2v) is 5.74. The van der Waals surface area contributed by atoms with E-state index in [-0.39, 0.29) is 24.0 Å². The highest BCUT2D eigenvalue weighted by molar-refractivity contribution is 14.0. The number of hydrogen-bond acceptors (Lipinski definition) is 3. The number of methoxy groups -OCH3 is 1. The number of pyridine rings is 1. The van der Waals surface area contributed by atoms with Crippen molar-refractivity contribution in [3.63, 3.8) is 0 Å². The first-order chi connectivity index (χ1) is 10.0. The number of aliphatic imine (C=N–C) groups is 1. The highest BCUT2D eigenvalue weighted by Gasteiger charge is 2.05. The van der Waals surface area contributed by atoms with Gasteiger partial charge in [-0.2, -0.15) is 0 Å². The molecule has 5 nitrogen and oxygen atoms in total. The first kappa shape index (κ1) is 20.9. The van der Waals surface area contributed by atoms with Gasteiger partial charge in [-0.25, -0.2) is 9.98 Å². The Morgan fingerprint density at radius 1 is 1.36 bits per heavy atom. The first-order valence-electron chi connectivity index (χ1n) is 7.57. The van der Waals surface area contributed by atoms with Crippen molar-refractivity contribution >= 4 is 29.9 Å². The average molecular weight is 420 g/mol. The predicted molar refractivity (Wildman–Crippen MR) is 103 cm³/mol. The van der Waals surface area contributed by atoms with Gasteiger partial charge in [-0.3, -0.25) is 0 Å². The van der Waals surface area contributed by atoms with Crippen LogP contribution in [0, 0.1) is 5.92 Å². The molecular formula is C16H29IN4O. The summed E-state index contributed by atoms with van der Waals surface area (Å²) in [6, 6.07) is 4.14. The van der Waals surface area contributed by atoms with Gasteiger partial charge in [0.05, 0.1) is 13.7 Å². The minimum absolute atomic E-state index is 0. The molecule has 1 heterocycles. The van der Waals surface area contributed by atoms with Crippen LogP contribution in [0.5, 0.6) is 5.88 Å². The van der Waals surface area contributed by atoms with E-state index in [0.29, 0.717) is 24.4 Å². The van der Waals surface area contributed by atoms with Crippen molar-refractivity contribution in [1.29, 1.82) is 0 Å². The third kappa shape index (κ3) is 8.41. The molecule has 0 saturated heterocycles. The van der Waals surface area contributed by atoms with E-state index in [0.717, 1.165) is 17.9 Å². The molecule has 22 heavy (non-hydrogen) atoms. The zero-order valence-electron chi connectivity index (χ0n) is 14.0. The smallest absolute Gasteiger partial charge is 0.218 e. The molecule has 0 aliphatic rings. The Morgan fingerprint density at radius 3 is 2.73 bits per heavy atom. The van der Waals surface area contributed by atoms with E-state index in [1.807, 2.05) is 12.1 Å². The molecule has 0 spiro atoms. The molecule has 0 bridgehead atoms. The Balaban J connectivity index is 0.00000441. The van der Waals surface area contributed by atoms with Crippen LogP contribution >= 0.6 is 24.0 Å². The average Bonchev–Trinajstić information content (AvgIpc) is 2.45. The molecule has 0 amide bonds. The highest BCUT2D eigenvalue weighted by Crippen LogP contribution is 2.14. The van der Waals surface area contributed by atoms with E-state index in [1.165, 1.54) is 12.8 Å². The van der Waals surface area contributed by atoms with Gasteiger partial charge in [-0.05, 0) is 25.3 Å². The third-order valence-corrected chi connectivity index (χ3v) is 3.28. The van der Waals surface area contributed by atoms with Crippen molar-refractivity contribution in [3.8, 4) is 5.88 Å². The minimum Gasteiger partial charge on any atom is -0.481 e. The fraction of sp³-hybridized carbons (Fsp3) is 0.625. The van der Waals surface area contributed by atoms with Crippen molar-refractivity contribution in [2.45, 2.75) is 52.6 Å². The van der Waals surface area contributed by atoms with Crippen molar-refractivity contribution in [2.75, 3.05) is 7.11 Å². The topological polar surface area (TPSA) is 72.5 Å². The molecule has 0 fully saturated rings. The van der Waals surface area contributed by atoms with E-state index in [1.54, 1.807) is 13.3 Å². The number of nitrogens with one attached hydrogen (secondary N) is 1. The first-order valence-corrected chi connectivity index (χ1v) is 7.57. The van der Waals surface area contributed by atoms with Gasteiger partial charge in [0, 0.05) is 17.8 Å². The maximum Gasteiger partial charge on any atom is 0.218 e. The molecular weight excluding hydrogens is 391 g/mol. The van der Waals surface area contributed by atoms with Gasteiger partial charge < -0.3 is 15.8 Å². The van der Waals surface area contributed by atoms with Crippen LogP contribution in [0.1, 0.15) is 45.6 Å². The normalized spacial score (nSPS) is 12.7. The Morgan fingerprint density at radius 2 is 2.09 bits per heavy atom. The SMILES string of the molecule is COc1ncccc1CN=C(N)NC(C)CCCC(C)C.I. The fourth-order valence-electron chi connectivity index (χ4n) is 2.10.